The number of piperidine rings is 1. The summed E-state index contributed by atoms with van der Waals surface area (Å²) in [6.07, 6.45) is 5.38. The second-order valence-electron chi connectivity index (χ2n) is 7.23. The van der Waals surface area contributed by atoms with Crippen LogP contribution < -0.4 is 4.74 Å². The van der Waals surface area contributed by atoms with Crippen LogP contribution in [-0.4, -0.2) is 47.0 Å². The van der Waals surface area contributed by atoms with E-state index in [1.807, 2.05) is 12.1 Å². The minimum atomic E-state index is -0.565. The first-order chi connectivity index (χ1) is 10.7. The van der Waals surface area contributed by atoms with E-state index in [0.29, 0.717) is 12.0 Å². The Balaban J connectivity index is 1.82. The second kappa shape index (κ2) is 4.13. The molecule has 5 rings (SSSR count). The van der Waals surface area contributed by atoms with E-state index in [1.54, 1.807) is 0 Å². The van der Waals surface area contributed by atoms with Gasteiger partial charge in [0.15, 0.2) is 0 Å². The fourth-order valence-corrected chi connectivity index (χ4v) is 5.43. The Morgan fingerprint density at radius 3 is 3.05 bits per heavy atom. The van der Waals surface area contributed by atoms with Gasteiger partial charge in [-0.3, -0.25) is 0 Å². The van der Waals surface area contributed by atoms with Crippen molar-refractivity contribution in [3.8, 4) is 5.75 Å². The van der Waals surface area contributed by atoms with Gasteiger partial charge in [-0.15, -0.1) is 0 Å². The fourth-order valence-electron chi connectivity index (χ4n) is 5.43. The van der Waals surface area contributed by atoms with Crippen LogP contribution >= 0.6 is 0 Å². The molecule has 4 aliphatic rings. The van der Waals surface area contributed by atoms with E-state index in [-0.39, 0.29) is 18.1 Å². The summed E-state index contributed by atoms with van der Waals surface area (Å²) < 4.78 is 6.27. The van der Waals surface area contributed by atoms with Crippen LogP contribution in [0.25, 0.3) is 0 Å². The molecular weight excluding hydrogens is 278 g/mol. The maximum atomic E-state index is 10.5. The second-order valence-corrected chi connectivity index (χ2v) is 7.23. The lowest BCUT2D eigenvalue weighted by molar-refractivity contribution is -0.0453. The number of aliphatic hydroxyl groups excluding tert-OH is 2. The number of nitrogens with zero attached hydrogens (tertiary/aromatic N) is 1. The molecule has 4 heteroatoms. The first-order valence-electron chi connectivity index (χ1n) is 8.16. The van der Waals surface area contributed by atoms with Crippen LogP contribution in [0.1, 0.15) is 23.1 Å². The summed E-state index contributed by atoms with van der Waals surface area (Å²) >= 11 is 0. The van der Waals surface area contributed by atoms with Crippen molar-refractivity contribution in [3.05, 3.63) is 41.0 Å². The summed E-state index contributed by atoms with van der Waals surface area (Å²) in [7, 11) is 2.20. The summed E-state index contributed by atoms with van der Waals surface area (Å²) in [5, 5.41) is 20.2. The van der Waals surface area contributed by atoms with E-state index in [9.17, 15) is 10.2 Å². The molecular formula is C18H21NO3. The van der Waals surface area contributed by atoms with Gasteiger partial charge in [-0.25, -0.2) is 0 Å². The number of ether oxygens (including phenoxy) is 1. The summed E-state index contributed by atoms with van der Waals surface area (Å²) in [5.74, 6) is 1.24. The SMILES string of the molecule is CN1CC[C@]23c4c5ccc(CO)c4O[C@H]2[C@H](O)C=CC3[C@H]1C5. The summed E-state index contributed by atoms with van der Waals surface area (Å²) in [5.41, 5.74) is 3.36. The van der Waals surface area contributed by atoms with Crippen molar-refractivity contribution < 1.29 is 14.9 Å². The van der Waals surface area contributed by atoms with Gasteiger partial charge < -0.3 is 19.8 Å². The minimum absolute atomic E-state index is 0.0110. The molecule has 0 saturated carbocycles. The Labute approximate surface area is 130 Å². The predicted molar refractivity (Wildman–Crippen MR) is 81.8 cm³/mol. The molecule has 2 N–H and O–H groups in total. The Bertz CT molecular complexity index is 685. The fraction of sp³-hybridized carbons (Fsp3) is 0.556. The van der Waals surface area contributed by atoms with E-state index in [4.69, 9.17) is 4.74 Å². The first kappa shape index (κ1) is 13.1. The highest BCUT2D eigenvalue weighted by atomic mass is 16.5. The number of hydrogen-bond acceptors (Lipinski definition) is 4. The molecule has 0 aromatic heterocycles. The third-order valence-electron chi connectivity index (χ3n) is 6.42. The molecule has 116 valence electrons. The largest absolute Gasteiger partial charge is 0.486 e. The molecule has 1 aromatic carbocycles. The molecule has 1 spiro atoms. The molecule has 4 nitrogen and oxygen atoms in total. The summed E-state index contributed by atoms with van der Waals surface area (Å²) in [6, 6.07) is 4.62. The minimum Gasteiger partial charge on any atom is -0.486 e. The third kappa shape index (κ3) is 1.31. The van der Waals surface area contributed by atoms with Crippen molar-refractivity contribution in [2.24, 2.45) is 5.92 Å². The number of hydrogen-bond donors (Lipinski definition) is 2. The third-order valence-corrected chi connectivity index (χ3v) is 6.42. The molecule has 0 radical (unpaired) electrons. The molecule has 5 atom stereocenters. The molecule has 1 aromatic rings. The van der Waals surface area contributed by atoms with Crippen molar-refractivity contribution in [3.63, 3.8) is 0 Å². The Morgan fingerprint density at radius 2 is 2.23 bits per heavy atom. The van der Waals surface area contributed by atoms with Gasteiger partial charge in [0.25, 0.3) is 0 Å². The standard InChI is InChI=1S/C18H21NO3/c1-19-7-6-18-12-4-5-14(21)17(18)22-16-11(9-20)3-2-10(15(16)18)8-13(12)19/h2-5,12-14,17,20-21H,6-9H2,1H3/t12?,13-,14-,17+,18+/m1/s1. The van der Waals surface area contributed by atoms with Gasteiger partial charge in [0, 0.05) is 28.5 Å². The average Bonchev–Trinajstić information content (AvgIpc) is 2.88. The van der Waals surface area contributed by atoms with Gasteiger partial charge in [-0.1, -0.05) is 24.3 Å². The predicted octanol–water partition coefficient (Wildman–Crippen LogP) is 0.985. The van der Waals surface area contributed by atoms with Gasteiger partial charge in [0.1, 0.15) is 18.0 Å². The molecule has 1 unspecified atom stereocenters. The molecule has 2 aliphatic carbocycles. The number of aliphatic hydroxyl groups is 2. The van der Waals surface area contributed by atoms with Crippen LogP contribution in [0.3, 0.4) is 0 Å². The molecule has 2 aliphatic heterocycles. The van der Waals surface area contributed by atoms with Crippen LogP contribution in [0.4, 0.5) is 0 Å². The molecule has 0 amide bonds. The van der Waals surface area contributed by atoms with Gasteiger partial charge in [0.05, 0.1) is 6.61 Å². The lowest BCUT2D eigenvalue weighted by atomic mass is 9.53. The van der Waals surface area contributed by atoms with E-state index >= 15 is 0 Å². The maximum absolute atomic E-state index is 10.5. The highest BCUT2D eigenvalue weighted by Gasteiger charge is 2.63. The van der Waals surface area contributed by atoms with Crippen molar-refractivity contribution >= 4 is 0 Å². The van der Waals surface area contributed by atoms with E-state index in [0.717, 1.165) is 30.7 Å². The van der Waals surface area contributed by atoms with Crippen LogP contribution in [-0.2, 0) is 18.4 Å². The normalized spacial score (nSPS) is 41.2. The lowest BCUT2D eigenvalue weighted by Gasteiger charge is -2.56. The van der Waals surface area contributed by atoms with Crippen molar-refractivity contribution in [1.29, 1.82) is 0 Å². The van der Waals surface area contributed by atoms with Crippen LogP contribution in [0.2, 0.25) is 0 Å². The highest BCUT2D eigenvalue weighted by molar-refractivity contribution is 5.59. The average molecular weight is 299 g/mol. The number of rotatable bonds is 1. The van der Waals surface area contributed by atoms with E-state index in [2.05, 4.69) is 24.1 Å². The quantitative estimate of drug-likeness (QED) is 0.759. The monoisotopic (exact) mass is 299 g/mol. The summed E-state index contributed by atoms with van der Waals surface area (Å²) in [6.45, 7) is 1.02. The number of likely N-dealkylation sites (N-methyl/N-ethyl adjacent to an activating group) is 1. The Kier molecular flexibility index (Phi) is 2.46. The maximum Gasteiger partial charge on any atom is 0.138 e. The van der Waals surface area contributed by atoms with Crippen molar-refractivity contribution in [2.45, 2.75) is 43.1 Å². The topological polar surface area (TPSA) is 52.9 Å². The molecule has 1 fully saturated rings. The lowest BCUT2D eigenvalue weighted by Crippen LogP contribution is -2.64. The zero-order valence-electron chi connectivity index (χ0n) is 12.7. The van der Waals surface area contributed by atoms with Crippen molar-refractivity contribution in [2.75, 3.05) is 13.6 Å². The Morgan fingerprint density at radius 1 is 1.36 bits per heavy atom. The van der Waals surface area contributed by atoms with Crippen molar-refractivity contribution in [1.82, 2.24) is 4.90 Å². The highest BCUT2D eigenvalue weighted by Crippen LogP contribution is 2.61. The smallest absolute Gasteiger partial charge is 0.138 e. The number of benzene rings is 1. The van der Waals surface area contributed by atoms with Gasteiger partial charge >= 0.3 is 0 Å². The Hall–Kier alpha value is -1.36. The molecule has 1 saturated heterocycles. The van der Waals surface area contributed by atoms with Gasteiger partial charge in [-0.2, -0.15) is 0 Å². The molecule has 22 heavy (non-hydrogen) atoms. The van der Waals surface area contributed by atoms with Crippen LogP contribution in [0.15, 0.2) is 24.3 Å². The van der Waals surface area contributed by atoms with Crippen LogP contribution in [0, 0.1) is 5.92 Å². The van der Waals surface area contributed by atoms with Gasteiger partial charge in [-0.05, 0) is 32.0 Å². The zero-order valence-corrected chi connectivity index (χ0v) is 12.7. The van der Waals surface area contributed by atoms with Crippen LogP contribution in [0.5, 0.6) is 5.75 Å². The van der Waals surface area contributed by atoms with E-state index in [1.165, 1.54) is 11.1 Å². The summed E-state index contributed by atoms with van der Waals surface area (Å²) in [4.78, 5) is 2.45. The van der Waals surface area contributed by atoms with E-state index < -0.39 is 6.10 Å². The van der Waals surface area contributed by atoms with Gasteiger partial charge in [0.2, 0.25) is 0 Å². The molecule has 2 heterocycles. The zero-order chi connectivity index (χ0) is 15.1. The number of likely N-dealkylation sites (tertiary alicyclic amines) is 1. The first-order valence-corrected chi connectivity index (χ1v) is 8.16. The molecule has 2 bridgehead atoms.